The van der Waals surface area contributed by atoms with Crippen LogP contribution in [0, 0.1) is 30.3 Å². The number of benzene rings is 4. The third-order valence-electron chi connectivity index (χ3n) is 18.8. The fourth-order valence-electron chi connectivity index (χ4n) is 13.5. The van der Waals surface area contributed by atoms with Crippen LogP contribution in [0.15, 0.2) is 117 Å². The highest BCUT2D eigenvalue weighted by Crippen LogP contribution is 2.51. The summed E-state index contributed by atoms with van der Waals surface area (Å²) in [5, 5.41) is 22.8. The molecule has 2 amide bonds. The summed E-state index contributed by atoms with van der Waals surface area (Å²) in [4.78, 5) is 51.4. The predicted molar refractivity (Wildman–Crippen MR) is 410 cm³/mol. The number of carbonyl (C=O) groups is 4. The van der Waals surface area contributed by atoms with E-state index in [1.54, 1.807) is 18.2 Å². The van der Waals surface area contributed by atoms with Crippen LogP contribution in [-0.4, -0.2) is 177 Å². The Balaban J connectivity index is 0.00000280. The van der Waals surface area contributed by atoms with Crippen LogP contribution in [0.5, 0.6) is 5.75 Å². The summed E-state index contributed by atoms with van der Waals surface area (Å²) >= 11 is 0. The number of sulfone groups is 1. The maximum absolute atomic E-state index is 15.8. The van der Waals surface area contributed by atoms with E-state index in [1.165, 1.54) is 24.3 Å². The van der Waals surface area contributed by atoms with Crippen molar-refractivity contribution in [3.63, 3.8) is 0 Å². The Bertz CT molecular complexity index is 4750. The molecule has 29 nitrogen and oxygen atoms in total. The molecule has 0 aromatic heterocycles. The first-order chi connectivity index (χ1) is 52.1. The van der Waals surface area contributed by atoms with Crippen LogP contribution in [0.3, 0.4) is 0 Å². The summed E-state index contributed by atoms with van der Waals surface area (Å²) in [5.41, 5.74) is 3.36. The number of sulfonamides is 1. The lowest BCUT2D eigenvalue weighted by Crippen LogP contribution is -2.34. The molecule has 2 heterocycles. The van der Waals surface area contributed by atoms with Crippen LogP contribution < -0.4 is 26.0 Å². The largest absolute Gasteiger partial charge is 0.748 e. The van der Waals surface area contributed by atoms with Crippen LogP contribution in [0.4, 0.5) is 30.2 Å². The van der Waals surface area contributed by atoms with Crippen molar-refractivity contribution in [3.8, 4) is 5.75 Å². The number of carbonyl (C=O) groups excluding carboxylic acids is 4. The van der Waals surface area contributed by atoms with Crippen LogP contribution in [0.1, 0.15) is 167 Å². The normalized spacial score (nSPS) is 17.3. The summed E-state index contributed by atoms with van der Waals surface area (Å²) in [5.74, 6) is -10.1. The zero-order chi connectivity index (χ0) is 82.5. The van der Waals surface area contributed by atoms with Crippen molar-refractivity contribution in [1.29, 1.82) is 0 Å². The topological polar surface area (TPSA) is 458 Å². The second-order valence-electron chi connectivity index (χ2n) is 27.2. The van der Waals surface area contributed by atoms with Crippen molar-refractivity contribution in [2.24, 2.45) is 11.1 Å². The molecule has 2 aliphatic heterocycles. The van der Waals surface area contributed by atoms with E-state index in [2.05, 4.69) is 39.3 Å². The van der Waals surface area contributed by atoms with E-state index in [1.807, 2.05) is 68.5 Å². The SMILES string of the molecule is C.O=S(=O)=O.O=S(=O)=O.[CH2-]C1(C)C(C=CC=CC=C2N(CCCS(=O)(=O)[O-])c3ccccc3C2(C)CCCCCC(=O)CCCNC(=O)[C@@H](CC(=O)CCOCCOCCNC(=O)CCS(=O)(=O)c2c(F)c(F)c(S(N)(=O)=O)c(F)c2NC2CCCCCCC2)Cc2ccc(O)cc2)=[N+](CCC)c2ccc(S(=O)(=O)O)cc21. The van der Waals surface area contributed by atoms with E-state index in [-0.39, 0.29) is 114 Å². The second-order valence-corrected chi connectivity index (χ2v) is 34.6. The minimum atomic E-state index is -5.19. The summed E-state index contributed by atoms with van der Waals surface area (Å²) in [7, 11) is -25.3. The number of ether oxygens (including phenoxy) is 2. The lowest BCUT2D eigenvalue weighted by atomic mass is 9.77. The molecule has 4 aromatic carbocycles. The van der Waals surface area contributed by atoms with Crippen molar-refractivity contribution in [1.82, 2.24) is 10.6 Å². The smallest absolute Gasteiger partial charge is 0.425 e. The van der Waals surface area contributed by atoms with E-state index in [0.717, 1.165) is 66.9 Å². The van der Waals surface area contributed by atoms with Gasteiger partial charge in [-0.25, -0.2) is 43.6 Å². The molecule has 38 heteroatoms. The van der Waals surface area contributed by atoms with Crippen molar-refractivity contribution < 1.29 is 120 Å². The number of phenolic OH excluding ortho intramolecular Hbond substituents is 1. The number of ketones is 2. The van der Waals surface area contributed by atoms with Gasteiger partial charge in [0.2, 0.25) is 27.5 Å². The van der Waals surface area contributed by atoms with Crippen LogP contribution >= 0.6 is 0 Å². The number of aromatic hydroxyl groups is 1. The number of nitrogens with one attached hydrogen (secondary N) is 3. The highest BCUT2D eigenvalue weighted by atomic mass is 32.2. The molecule has 0 spiro atoms. The van der Waals surface area contributed by atoms with Gasteiger partial charge in [-0.2, -0.15) is 13.0 Å². The molecular weight excluding hydrogens is 1590 g/mol. The number of hydrogen-bond donors (Lipinski definition) is 6. The van der Waals surface area contributed by atoms with Gasteiger partial charge in [-0.3, -0.25) is 23.7 Å². The number of hydrogen-bond acceptors (Lipinski definition) is 24. The number of para-hydroxylation sites is 1. The van der Waals surface area contributed by atoms with Crippen LogP contribution in [-0.2, 0) is 107 Å². The molecule has 1 aliphatic carbocycles. The van der Waals surface area contributed by atoms with Gasteiger partial charge in [0.15, 0.2) is 37.9 Å². The van der Waals surface area contributed by atoms with Gasteiger partial charge in [0.05, 0.1) is 52.9 Å². The molecule has 3 aliphatic rings. The van der Waals surface area contributed by atoms with Gasteiger partial charge < -0.3 is 46.9 Å². The Morgan fingerprint density at radius 1 is 0.723 bits per heavy atom. The Morgan fingerprint density at radius 3 is 1.96 bits per heavy atom. The molecule has 0 bridgehead atoms. The van der Waals surface area contributed by atoms with Gasteiger partial charge in [0.1, 0.15) is 28.8 Å². The van der Waals surface area contributed by atoms with E-state index >= 15 is 13.2 Å². The average Bonchev–Trinajstić information content (AvgIpc) is 1.53. The number of nitrogens with zero attached hydrogens (tertiary/aromatic N) is 2. The van der Waals surface area contributed by atoms with Gasteiger partial charge in [0, 0.05) is 110 Å². The molecule has 7 N–H and O–H groups in total. The van der Waals surface area contributed by atoms with Gasteiger partial charge in [-0.1, -0.05) is 115 Å². The van der Waals surface area contributed by atoms with Gasteiger partial charge >= 0.3 is 21.2 Å². The van der Waals surface area contributed by atoms with Gasteiger partial charge in [-0.05, 0) is 105 Å². The first-order valence-electron chi connectivity index (χ1n) is 35.9. The summed E-state index contributed by atoms with van der Waals surface area (Å²) in [6, 6.07) is 18.0. The van der Waals surface area contributed by atoms with Crippen LogP contribution in [0.2, 0.25) is 0 Å². The highest BCUT2D eigenvalue weighted by Gasteiger charge is 2.44. The molecule has 3 atom stereocenters. The number of allylic oxidation sites excluding steroid dienone is 6. The van der Waals surface area contributed by atoms with E-state index in [4.69, 9.17) is 39.9 Å². The fraction of sp³-hybridized carbons (Fsp3) is 0.514. The number of Topliss-reactive ketones (excluding diaryl/α,β-unsaturated/α-hetero) is 2. The maximum atomic E-state index is 15.8. The molecule has 112 heavy (non-hydrogen) atoms. The first kappa shape index (κ1) is 96.4. The summed E-state index contributed by atoms with van der Waals surface area (Å²) in [6.45, 7) is 11.5. The Hall–Kier alpha value is -7.92. The zero-order valence-corrected chi connectivity index (χ0v) is 66.7. The second kappa shape index (κ2) is 45.2. The molecule has 1 fully saturated rings. The quantitative estimate of drug-likeness (QED) is 0.00603. The number of phenols is 1. The molecule has 4 aromatic rings. The van der Waals surface area contributed by atoms with Crippen molar-refractivity contribution >= 4 is 107 Å². The molecule has 0 radical (unpaired) electrons. The summed E-state index contributed by atoms with van der Waals surface area (Å²) < 4.78 is 231. The maximum Gasteiger partial charge on any atom is 0.425 e. The van der Waals surface area contributed by atoms with Crippen molar-refractivity contribution in [2.45, 2.75) is 188 Å². The zero-order valence-electron chi connectivity index (χ0n) is 61.8. The number of primary sulfonamides is 1. The summed E-state index contributed by atoms with van der Waals surface area (Å²) in [6.07, 6.45) is 18.1. The number of unbranched alkanes of at least 4 members (excludes halogenated alkanes) is 2. The predicted octanol–water partition coefficient (Wildman–Crippen LogP) is 8.80. The molecular formula is C74H100F3N6O23S6-. The van der Waals surface area contributed by atoms with E-state index in [0.29, 0.717) is 69.0 Å². The average molecular weight is 1690 g/mol. The van der Waals surface area contributed by atoms with Crippen molar-refractivity contribution in [2.75, 3.05) is 74.3 Å². The minimum absolute atomic E-state index is 0. The number of anilines is 2. The fourth-order valence-corrected chi connectivity index (χ4v) is 16.7. The Morgan fingerprint density at radius 2 is 1.34 bits per heavy atom. The number of amides is 2. The standard InChI is InChI=1S/C73H97F3N6O17S4.CH4.2O3S/c1-5-40-81-61-34-33-57(103(95,96)97)50-59(61)72(2,3)62(81)27-14-9-15-28-63-73(4,58-25-16-17-26-60(58)82(63)41-20-46-101(90,91)92)37-18-10-13-23-54(83)24-19-38-79-71(87)52(48-51-29-31-55(84)32-30-51)49-56(85)35-42-98-44-45-99-43-39-78-64(86)36-47-100(88,89)70-66(75)65(74)69(102(77,93)94)67(76)68(70)80-53-21-11-7-6-8-12-22-53;;2*1-4(2)3/h9,14-17,25-34,50,52-53,80,84H,2,5-8,10-13,18-24,35-49H2,1,3-4H3,(H,78,86)(H,79,87)(H2,77,93,94)(H,90,91,92)(H,95,96,97);1H4;;/p-1/t52-,72?,73?;;;/m1.../s1. The van der Waals surface area contributed by atoms with E-state index < -0.39 is 141 Å². The minimum Gasteiger partial charge on any atom is -0.748 e. The van der Waals surface area contributed by atoms with E-state index in [9.17, 15) is 67.1 Å². The number of nitrogens with two attached hydrogens (primary N) is 1. The number of fused-ring (bicyclic) bond motifs is 2. The number of rotatable bonds is 41. The highest BCUT2D eigenvalue weighted by molar-refractivity contribution is 7.91. The molecule has 622 valence electrons. The Kier molecular flexibility index (Phi) is 39.0. The van der Waals surface area contributed by atoms with Gasteiger partial charge in [0.25, 0.3) is 10.1 Å². The third-order valence-corrected chi connectivity index (χ3v) is 23.1. The lowest BCUT2D eigenvalue weighted by Gasteiger charge is -2.30. The number of halogens is 3. The van der Waals surface area contributed by atoms with Gasteiger partial charge in [-0.15, -0.1) is 25.3 Å². The Labute approximate surface area is 656 Å². The molecule has 0 saturated heterocycles. The van der Waals surface area contributed by atoms with Crippen molar-refractivity contribution in [3.05, 3.63) is 144 Å². The molecule has 1 saturated carbocycles. The molecule has 2 unspecified atom stereocenters. The first-order valence-corrected chi connectivity index (χ1v) is 44.1. The third kappa shape index (κ3) is 30.1. The van der Waals surface area contributed by atoms with Crippen LogP contribution in [0.25, 0.3) is 0 Å². The monoisotopic (exact) mass is 1690 g/mol. The lowest BCUT2D eigenvalue weighted by molar-refractivity contribution is -0.437. The molecule has 7 rings (SSSR count).